The predicted molar refractivity (Wildman–Crippen MR) is 75.3 cm³/mol. The number of rotatable bonds is 10. The Balaban J connectivity index is 3.41. The molecule has 0 fully saturated rings. The summed E-state index contributed by atoms with van der Waals surface area (Å²) in [7, 11) is -0.576. The highest BCUT2D eigenvalue weighted by Crippen LogP contribution is 2.21. The van der Waals surface area contributed by atoms with Crippen molar-refractivity contribution >= 4 is 9.04 Å². The van der Waals surface area contributed by atoms with Crippen LogP contribution in [0.3, 0.4) is 0 Å². The van der Waals surface area contributed by atoms with Crippen LogP contribution in [0.25, 0.3) is 0 Å². The zero-order valence-electron chi connectivity index (χ0n) is 12.0. The maximum Gasteiger partial charge on any atom is 0.216 e. The van der Waals surface area contributed by atoms with Gasteiger partial charge in [0.05, 0.1) is 0 Å². The fourth-order valence-electron chi connectivity index (χ4n) is 2.07. The Morgan fingerprint density at radius 1 is 0.812 bits per heavy atom. The molecule has 0 spiro atoms. The Kier molecular flexibility index (Phi) is 10.5. The van der Waals surface area contributed by atoms with Gasteiger partial charge in [0.1, 0.15) is 0 Å². The first-order valence-corrected chi connectivity index (χ1v) is 8.65. The predicted octanol–water partition coefficient (Wildman–Crippen LogP) is 5.18. The highest BCUT2D eigenvalue weighted by Gasteiger charge is 2.21. The van der Waals surface area contributed by atoms with Gasteiger partial charge in [-0.3, -0.25) is 0 Å². The first-order valence-electron chi connectivity index (χ1n) is 7.09. The lowest BCUT2D eigenvalue weighted by Gasteiger charge is -2.22. The highest BCUT2D eigenvalue weighted by molar-refractivity contribution is 6.54. The van der Waals surface area contributed by atoms with Gasteiger partial charge in [-0.2, -0.15) is 0 Å². The van der Waals surface area contributed by atoms with Crippen molar-refractivity contribution in [3.05, 3.63) is 0 Å². The lowest BCUT2D eigenvalue weighted by molar-refractivity contribution is 0.295. The lowest BCUT2D eigenvalue weighted by Crippen LogP contribution is -2.26. The van der Waals surface area contributed by atoms with E-state index in [2.05, 4.69) is 34.6 Å². The van der Waals surface area contributed by atoms with Gasteiger partial charge in [-0.1, -0.05) is 66.7 Å². The SMILES string of the molecule is CCCCCCCCO[Si](C(C)C)C(C)C. The van der Waals surface area contributed by atoms with Crippen molar-refractivity contribution < 1.29 is 4.43 Å². The van der Waals surface area contributed by atoms with E-state index in [1.807, 2.05) is 0 Å². The molecule has 0 amide bonds. The third-order valence-corrected chi connectivity index (χ3v) is 5.72. The molecule has 0 aromatic heterocycles. The van der Waals surface area contributed by atoms with Crippen LogP contribution in [-0.4, -0.2) is 15.6 Å². The average molecular weight is 243 g/mol. The molecule has 0 atom stereocenters. The molecule has 0 aliphatic carbocycles. The monoisotopic (exact) mass is 243 g/mol. The molecule has 0 N–H and O–H groups in total. The molecule has 0 aromatic carbocycles. The minimum Gasteiger partial charge on any atom is -0.416 e. The molecule has 97 valence electrons. The molecule has 1 nitrogen and oxygen atoms in total. The molecule has 0 bridgehead atoms. The van der Waals surface area contributed by atoms with E-state index in [1.165, 1.54) is 38.5 Å². The van der Waals surface area contributed by atoms with Gasteiger partial charge in [0.2, 0.25) is 9.04 Å². The van der Waals surface area contributed by atoms with Crippen LogP contribution in [0.2, 0.25) is 11.1 Å². The third kappa shape index (κ3) is 8.34. The van der Waals surface area contributed by atoms with Gasteiger partial charge >= 0.3 is 0 Å². The van der Waals surface area contributed by atoms with Crippen molar-refractivity contribution in [1.82, 2.24) is 0 Å². The summed E-state index contributed by atoms with van der Waals surface area (Å²) in [5.74, 6) is 0. The van der Waals surface area contributed by atoms with Crippen LogP contribution in [0.4, 0.5) is 0 Å². The number of unbranched alkanes of at least 4 members (excludes halogenated alkanes) is 5. The minimum absolute atomic E-state index is 0.576. The summed E-state index contributed by atoms with van der Waals surface area (Å²) in [4.78, 5) is 0. The first-order chi connectivity index (χ1) is 7.59. The molecule has 0 saturated carbocycles. The second-order valence-electron chi connectivity index (χ2n) is 5.33. The third-order valence-electron chi connectivity index (χ3n) is 2.90. The molecule has 0 saturated heterocycles. The van der Waals surface area contributed by atoms with Crippen LogP contribution in [0.1, 0.15) is 73.1 Å². The second kappa shape index (κ2) is 10.3. The molecule has 0 unspecified atom stereocenters. The van der Waals surface area contributed by atoms with E-state index >= 15 is 0 Å². The molecule has 0 aromatic rings. The smallest absolute Gasteiger partial charge is 0.216 e. The fraction of sp³-hybridized carbons (Fsp3) is 1.00. The maximum absolute atomic E-state index is 6.07. The van der Waals surface area contributed by atoms with Gasteiger partial charge in [0.25, 0.3) is 0 Å². The topological polar surface area (TPSA) is 9.23 Å². The Morgan fingerprint density at radius 2 is 1.31 bits per heavy atom. The van der Waals surface area contributed by atoms with E-state index in [0.29, 0.717) is 0 Å². The van der Waals surface area contributed by atoms with Gasteiger partial charge in [0, 0.05) is 6.61 Å². The second-order valence-corrected chi connectivity index (χ2v) is 8.73. The molecule has 1 radical (unpaired) electrons. The average Bonchev–Trinajstić information content (AvgIpc) is 2.21. The maximum atomic E-state index is 6.07. The van der Waals surface area contributed by atoms with Crippen LogP contribution in [-0.2, 0) is 4.43 Å². The minimum atomic E-state index is -0.576. The Labute approximate surface area is 105 Å². The molecule has 0 rings (SSSR count). The Hall–Kier alpha value is 0.177. The molecule has 0 aliphatic heterocycles. The van der Waals surface area contributed by atoms with Crippen LogP contribution in [0.15, 0.2) is 0 Å². The summed E-state index contributed by atoms with van der Waals surface area (Å²) >= 11 is 0. The highest BCUT2D eigenvalue weighted by atomic mass is 28.3. The summed E-state index contributed by atoms with van der Waals surface area (Å²) in [6, 6.07) is 0. The van der Waals surface area contributed by atoms with Crippen LogP contribution >= 0.6 is 0 Å². The van der Waals surface area contributed by atoms with E-state index in [-0.39, 0.29) is 0 Å². The van der Waals surface area contributed by atoms with Gasteiger partial charge < -0.3 is 4.43 Å². The van der Waals surface area contributed by atoms with Crippen molar-refractivity contribution in [2.45, 2.75) is 84.2 Å². The Bertz CT molecular complexity index is 138. The van der Waals surface area contributed by atoms with Crippen molar-refractivity contribution in [3.63, 3.8) is 0 Å². The molecular weight excluding hydrogens is 212 g/mol. The van der Waals surface area contributed by atoms with Crippen LogP contribution in [0.5, 0.6) is 0 Å². The van der Waals surface area contributed by atoms with Gasteiger partial charge in [-0.15, -0.1) is 0 Å². The summed E-state index contributed by atoms with van der Waals surface area (Å²) in [5.41, 5.74) is 1.48. The van der Waals surface area contributed by atoms with Crippen molar-refractivity contribution in [1.29, 1.82) is 0 Å². The Morgan fingerprint density at radius 3 is 1.81 bits per heavy atom. The van der Waals surface area contributed by atoms with Gasteiger partial charge in [0.15, 0.2) is 0 Å². The molecule has 2 heteroatoms. The molecule has 0 heterocycles. The molecular formula is C14H31OSi. The van der Waals surface area contributed by atoms with E-state index in [0.717, 1.165) is 17.7 Å². The van der Waals surface area contributed by atoms with Crippen LogP contribution in [0, 0.1) is 0 Å². The summed E-state index contributed by atoms with van der Waals surface area (Å²) < 4.78 is 6.07. The summed E-state index contributed by atoms with van der Waals surface area (Å²) in [6.07, 6.45) is 8.15. The van der Waals surface area contributed by atoms with E-state index in [4.69, 9.17) is 4.43 Å². The molecule has 16 heavy (non-hydrogen) atoms. The standard InChI is InChI=1S/C14H31OSi/c1-6-7-8-9-10-11-12-15-16(13(2)3)14(4)5/h13-14H,6-12H2,1-5H3. The summed E-state index contributed by atoms with van der Waals surface area (Å²) in [5, 5.41) is 0. The number of hydrogen-bond acceptors (Lipinski definition) is 1. The fourth-order valence-corrected chi connectivity index (χ4v) is 4.45. The van der Waals surface area contributed by atoms with Crippen LogP contribution < -0.4 is 0 Å². The zero-order chi connectivity index (χ0) is 12.4. The summed E-state index contributed by atoms with van der Waals surface area (Å²) in [6.45, 7) is 12.5. The number of hydrogen-bond donors (Lipinski definition) is 0. The van der Waals surface area contributed by atoms with Crippen molar-refractivity contribution in [2.24, 2.45) is 0 Å². The van der Waals surface area contributed by atoms with E-state index < -0.39 is 9.04 Å². The van der Waals surface area contributed by atoms with Gasteiger partial charge in [-0.05, 0) is 17.5 Å². The zero-order valence-corrected chi connectivity index (χ0v) is 13.0. The first kappa shape index (κ1) is 16.2. The molecule has 0 aliphatic rings. The van der Waals surface area contributed by atoms with Gasteiger partial charge in [-0.25, -0.2) is 0 Å². The van der Waals surface area contributed by atoms with Crippen molar-refractivity contribution in [3.8, 4) is 0 Å². The van der Waals surface area contributed by atoms with E-state index in [1.54, 1.807) is 0 Å². The van der Waals surface area contributed by atoms with E-state index in [9.17, 15) is 0 Å². The largest absolute Gasteiger partial charge is 0.416 e. The quantitative estimate of drug-likeness (QED) is 0.380. The lowest BCUT2D eigenvalue weighted by atomic mass is 10.1. The normalized spacial score (nSPS) is 12.0. The van der Waals surface area contributed by atoms with Crippen molar-refractivity contribution in [2.75, 3.05) is 6.61 Å².